The first-order valence-corrected chi connectivity index (χ1v) is 93.1. The number of hydrogen-bond acceptors (Lipinski definition) is 27. The molecule has 72 heteroatoms. The van der Waals surface area contributed by atoms with E-state index in [0.29, 0.717) is 63.0 Å². The Balaban J connectivity index is 0.000000254. The SMILES string of the molecule is CCOC(=O)c1c(N)[nH]c2cc(-c3c(C)noc3C)c(C)cc12.CCOC(=O)c1c(N=C(C)N)[nH]c2cc(-c3c(C)noc3C)c(C)cc12.Cc1nc(Cl)c2c(n1)[nH]c1cc(-c3c(C)noc3C)c(C)cc12.Cc1nc2[nH]c3cc(-c4c(C)noc4C)c(C)cc3c2c(=O)[nH]1.O=P(Cl)(Cl)Cl.S=S=S=S=S=S.S=S=S=S=S=S=S=S=S=S=S.S=S=S=S=S=S=S=S=S=S=S=S.S=S=S=S=S=S=S=S=S=S=S=S=S. The first-order chi connectivity index (χ1) is 67.8. The fraction of sp³-hybridized carbons (Fsp3) is 0.271. The highest BCUT2D eigenvalue weighted by Crippen LogP contribution is 2.61. The van der Waals surface area contributed by atoms with Crippen molar-refractivity contribution in [1.29, 1.82) is 0 Å². The van der Waals surface area contributed by atoms with Crippen molar-refractivity contribution in [3.8, 4) is 44.5 Å². The maximum Gasteiger partial charge on any atom is 0.342 e. The minimum absolute atomic E-state index is 0.122. The molecular formula is C70H72Cl4N15O10PS42. The van der Waals surface area contributed by atoms with Crippen molar-refractivity contribution in [2.24, 2.45) is 10.7 Å². The molecule has 0 aliphatic heterocycles. The van der Waals surface area contributed by atoms with Crippen LogP contribution in [0.5, 0.6) is 0 Å². The third-order valence-corrected chi connectivity index (χ3v) is 84.3. The molecule has 14 aromatic rings. The van der Waals surface area contributed by atoms with Gasteiger partial charge in [0.1, 0.15) is 73.9 Å². The van der Waals surface area contributed by atoms with Crippen LogP contribution in [0.4, 0.5) is 11.6 Å². The van der Waals surface area contributed by atoms with Gasteiger partial charge in [-0.3, -0.25) is 9.36 Å². The molecule has 0 unspecified atom stereocenters. The van der Waals surface area contributed by atoms with Crippen LogP contribution in [-0.2, 0) is 405 Å². The second-order valence-electron chi connectivity index (χ2n) is 26.2. The molecule has 0 atom stereocenters. The van der Waals surface area contributed by atoms with Crippen LogP contribution in [0.3, 0.4) is 0 Å². The van der Waals surface area contributed by atoms with Crippen LogP contribution < -0.4 is 17.0 Å². The molecule has 0 spiro atoms. The van der Waals surface area contributed by atoms with E-state index in [1.807, 2.05) is 119 Å². The van der Waals surface area contributed by atoms with Gasteiger partial charge in [-0.1, -0.05) is 32.2 Å². The number of fused-ring (bicyclic) bond motifs is 8. The summed E-state index contributed by atoms with van der Waals surface area (Å²) in [6, 6.07) is 16.1. The van der Waals surface area contributed by atoms with Crippen molar-refractivity contribution in [3.63, 3.8) is 0 Å². The fourth-order valence-corrected chi connectivity index (χ4v) is 84.4. The Bertz CT molecular complexity index is 8840. The van der Waals surface area contributed by atoms with Crippen molar-refractivity contribution in [1.82, 2.24) is 60.5 Å². The second kappa shape index (κ2) is 69.9. The number of anilines is 1. The van der Waals surface area contributed by atoms with Crippen LogP contribution in [0.1, 0.15) is 121 Å². The number of nitrogen functional groups attached to an aromatic ring is 1. The van der Waals surface area contributed by atoms with Crippen molar-refractivity contribution in [2.45, 2.75) is 118 Å². The molecule has 10 aromatic heterocycles. The standard InChI is InChI=1S/C19H22N4O3.C17H15ClN4O.C17H16N4O2.C17H19N3O3.Cl3OP.S13.S12.S11.S6/c1-6-25-19(24)17-14-7-9(2)13(16-10(3)23-26-11(16)4)8-15(14)22-18(17)21-12(5)20;1-7-5-12-13(6-11(7)14-8(2)22-23-9(14)3)21-17-15(12)16(18)19-10(4)20-17;1-7-5-12-13(6-11(7)14-8(2)21-23-9(14)3)20-16-15(12)17(22)19-10(4)18-16;1-5-22-17(21)15-12-6-8(2)11(7-13(12)19-16(15)18)14-9(3)20-23-10(14)4;1-5(2,3)4;1-3-5-7-9-11-13-12-10-8-6-4-2;1-3-5-7-9-11-12-10-8-6-4-2;1-3-5-7-9-11-10-8-6-4-2;1-3-5-6-4-2/h7-8,22H,6H2,1-5H3,(H2,20,21);5-6H,1-4H3,(H,19,20,21);5-6H,1-4H3,(H2,18,19,20,22);6-7,19H,5,18H2,1-4H3;;;;;. The van der Waals surface area contributed by atoms with Crippen LogP contribution in [-0.4, -0.2) is 91.5 Å². The molecule has 0 saturated heterocycles. The minimum atomic E-state index is -3.22. The number of hydrogen-bond donors (Lipinski definition) is 7. The molecule has 25 nitrogen and oxygen atoms in total. The summed E-state index contributed by atoms with van der Waals surface area (Å²) in [6.07, 6.45) is 0. The van der Waals surface area contributed by atoms with Crippen LogP contribution in [0.25, 0.3) is 110 Å². The first-order valence-electron chi connectivity index (χ1n) is 37.7. The van der Waals surface area contributed by atoms with E-state index in [0.717, 1.165) is 167 Å². The molecular weight excluding hydrogens is 2730 g/mol. The number of halogens is 4. The highest BCUT2D eigenvalue weighted by molar-refractivity contribution is 8.77. The Morgan fingerprint density at radius 2 is 0.662 bits per heavy atom. The summed E-state index contributed by atoms with van der Waals surface area (Å²) in [5.74, 6) is 4.57. The summed E-state index contributed by atoms with van der Waals surface area (Å²) in [7, 11) is 54.5. The van der Waals surface area contributed by atoms with Crippen molar-refractivity contribution >= 4 is 537 Å². The number of nitrogens with one attached hydrogen (secondary N) is 5. The molecule has 0 bridgehead atoms. The Morgan fingerprint density at radius 3 is 0.958 bits per heavy atom. The van der Waals surface area contributed by atoms with Gasteiger partial charge in [0.05, 0.1) is 52.6 Å². The van der Waals surface area contributed by atoms with Gasteiger partial charge >= 0.3 is 17.1 Å². The quantitative estimate of drug-likeness (QED) is 0.0232. The Hall–Kier alpha value is -0.800. The largest absolute Gasteiger partial charge is 0.462 e. The maximum absolute atomic E-state index is 12.5. The fourth-order valence-electron chi connectivity index (χ4n) is 12.7. The van der Waals surface area contributed by atoms with E-state index in [2.05, 4.69) is 185 Å². The zero-order valence-corrected chi connectivity index (χ0v) is 113. The predicted octanol–water partition coefficient (Wildman–Crippen LogP) is 18.1. The van der Waals surface area contributed by atoms with E-state index in [1.165, 1.54) is 88.8 Å². The van der Waals surface area contributed by atoms with Crippen molar-refractivity contribution in [3.05, 3.63) is 155 Å². The average molecular weight is 2800 g/mol. The summed E-state index contributed by atoms with van der Waals surface area (Å²) >= 11 is 57.3. The Morgan fingerprint density at radius 1 is 0.394 bits per heavy atom. The minimum Gasteiger partial charge on any atom is -0.462 e. The summed E-state index contributed by atoms with van der Waals surface area (Å²) in [4.78, 5) is 69.8. The molecule has 0 radical (unpaired) electrons. The van der Waals surface area contributed by atoms with Crippen LogP contribution in [0.2, 0.25) is 5.15 Å². The monoisotopic (exact) mass is 2800 g/mol. The van der Waals surface area contributed by atoms with Crippen LogP contribution >= 0.6 is 50.5 Å². The molecule has 0 saturated carbocycles. The van der Waals surface area contributed by atoms with E-state index in [9.17, 15) is 18.9 Å². The Labute approximate surface area is 969 Å². The number of esters is 2. The number of benzene rings is 4. The lowest BCUT2D eigenvalue weighted by Crippen LogP contribution is -2.08. The lowest BCUT2D eigenvalue weighted by Gasteiger charge is -2.07. The molecule has 772 valence electrons. The molecule has 0 amide bonds. The van der Waals surface area contributed by atoms with Gasteiger partial charge in [0, 0.05) is 457 Å². The van der Waals surface area contributed by atoms with Crippen LogP contribution in [0.15, 0.2) is 76.4 Å². The van der Waals surface area contributed by atoms with Crippen molar-refractivity contribution in [2.75, 3.05) is 18.9 Å². The number of H-pyrrole nitrogens is 5. The number of ether oxygens (including phenoxy) is 2. The van der Waals surface area contributed by atoms with Gasteiger partial charge in [0.25, 0.3) is 5.56 Å². The number of aromatic nitrogens is 12. The first kappa shape index (κ1) is 130. The zero-order chi connectivity index (χ0) is 105. The summed E-state index contributed by atoms with van der Waals surface area (Å²) in [5, 5.41) is 18.2. The van der Waals surface area contributed by atoms with Gasteiger partial charge in [-0.05, 0) is 244 Å². The van der Waals surface area contributed by atoms with Gasteiger partial charge in [0.15, 0.2) is 0 Å². The van der Waals surface area contributed by atoms with Gasteiger partial charge in [0.2, 0.25) is 0 Å². The second-order valence-corrected chi connectivity index (χ2v) is 93.4. The molecule has 10 heterocycles. The van der Waals surface area contributed by atoms with Crippen molar-refractivity contribution < 1.29 is 41.7 Å². The summed E-state index contributed by atoms with van der Waals surface area (Å²) < 4.78 is 40.9. The van der Waals surface area contributed by atoms with Gasteiger partial charge in [-0.25, -0.2) is 29.5 Å². The number of aliphatic imine (C=N–C) groups is 1. The Kier molecular flexibility index (Phi) is 63.9. The number of carbonyl (C=O) groups excluding carboxylic acids is 2. The average Bonchev–Trinajstić information content (AvgIpc) is 1.55. The number of aryl methyl sites for hydroxylation is 14. The zero-order valence-electron chi connectivity index (χ0n) is 75.0. The predicted molar refractivity (Wildman–Crippen MR) is 703 cm³/mol. The normalized spacial score (nSPS) is 10.2. The molecule has 142 heavy (non-hydrogen) atoms. The van der Waals surface area contributed by atoms with E-state index in [-0.39, 0.29) is 12.2 Å². The maximum atomic E-state index is 12.5. The smallest absolute Gasteiger partial charge is 0.342 e. The lowest BCUT2D eigenvalue weighted by molar-refractivity contribution is 0.0520. The third kappa shape index (κ3) is 42.1. The topological polar surface area (TPSA) is 373 Å². The summed E-state index contributed by atoms with van der Waals surface area (Å²) in [6.45, 7) is 32.7. The van der Waals surface area contributed by atoms with Crippen LogP contribution in [0, 0.1) is 96.9 Å². The van der Waals surface area contributed by atoms with Gasteiger partial charge in [-0.15, -0.1) is 0 Å². The number of aromatic amines is 5. The number of rotatable bonds is 9. The van der Waals surface area contributed by atoms with Gasteiger partial charge in [-0.2, -0.15) is 0 Å². The number of nitrogens with zero attached hydrogens (tertiary/aromatic N) is 8. The molecule has 4 aromatic carbocycles. The highest BCUT2D eigenvalue weighted by atomic mass is 36.0. The van der Waals surface area contributed by atoms with E-state index < -0.39 is 17.1 Å². The van der Waals surface area contributed by atoms with E-state index in [1.54, 1.807) is 241 Å². The molecule has 0 aliphatic rings. The molecule has 0 aliphatic carbocycles. The number of nitrogens with two attached hydrogens (primary N) is 2. The summed E-state index contributed by atoms with van der Waals surface area (Å²) in [5.41, 5.74) is 32.8. The lowest BCUT2D eigenvalue weighted by atomic mass is 9.97. The van der Waals surface area contributed by atoms with E-state index >= 15 is 0 Å². The molecule has 0 fully saturated rings. The highest BCUT2D eigenvalue weighted by Gasteiger charge is 2.26. The third-order valence-electron chi connectivity index (χ3n) is 17.4. The van der Waals surface area contributed by atoms with Gasteiger partial charge < -0.3 is 64.0 Å². The van der Waals surface area contributed by atoms with E-state index in [4.69, 9.17) is 73.0 Å². The molecule has 14 rings (SSSR count). The number of amidine groups is 1. The number of carbonyl (C=O) groups is 2. The molecule has 9 N–H and O–H groups in total.